The van der Waals surface area contributed by atoms with E-state index in [0.29, 0.717) is 12.2 Å². The average molecular weight is 401 g/mol. The Bertz CT molecular complexity index is 1200. The van der Waals surface area contributed by atoms with Crippen molar-refractivity contribution in [3.8, 4) is 5.75 Å². The summed E-state index contributed by atoms with van der Waals surface area (Å²) >= 11 is 0. The molecule has 1 aliphatic rings. The molecule has 7 nitrogen and oxygen atoms in total. The first-order valence-corrected chi connectivity index (χ1v) is 10.1. The number of hydrogen-bond acceptors (Lipinski definition) is 5. The van der Waals surface area contributed by atoms with Crippen LogP contribution in [0.3, 0.4) is 0 Å². The Morgan fingerprint density at radius 1 is 1.13 bits per heavy atom. The van der Waals surface area contributed by atoms with Gasteiger partial charge in [0.2, 0.25) is 5.91 Å². The van der Waals surface area contributed by atoms with Crippen molar-refractivity contribution in [1.29, 1.82) is 0 Å². The van der Waals surface area contributed by atoms with Gasteiger partial charge in [0.15, 0.2) is 11.5 Å². The number of nitrogens with zero attached hydrogens (tertiary/aromatic N) is 4. The average Bonchev–Trinajstić information content (AvgIpc) is 3.29. The molecule has 1 saturated heterocycles. The standard InChI is InChI=1S/C23H23N5O2/c1-30-18-10-8-17(9-11-18)25-23(29)16-5-3-13-27(15-16)22-20-7-4-14-28(20)19-6-2-12-24-21(19)26-22/h2,4,6-12,14,16H,3,5,13,15H2,1H3,(H,25,29). The number of rotatable bonds is 4. The number of amides is 1. The van der Waals surface area contributed by atoms with Gasteiger partial charge in [0.25, 0.3) is 0 Å². The highest BCUT2D eigenvalue weighted by atomic mass is 16.5. The summed E-state index contributed by atoms with van der Waals surface area (Å²) in [6.45, 7) is 1.51. The number of piperidine rings is 1. The fourth-order valence-electron chi connectivity index (χ4n) is 4.13. The molecule has 1 aliphatic heterocycles. The predicted octanol–water partition coefficient (Wildman–Crippen LogP) is 3.75. The van der Waals surface area contributed by atoms with Crippen molar-refractivity contribution in [1.82, 2.24) is 14.4 Å². The van der Waals surface area contributed by atoms with Gasteiger partial charge in [-0.1, -0.05) is 0 Å². The van der Waals surface area contributed by atoms with E-state index in [4.69, 9.17) is 9.72 Å². The van der Waals surface area contributed by atoms with Crippen LogP contribution in [0, 0.1) is 5.92 Å². The van der Waals surface area contributed by atoms with Gasteiger partial charge < -0.3 is 19.4 Å². The molecule has 4 heterocycles. The van der Waals surface area contributed by atoms with Gasteiger partial charge in [-0.3, -0.25) is 4.79 Å². The third-order valence-electron chi connectivity index (χ3n) is 5.66. The molecule has 1 atom stereocenters. The molecule has 5 rings (SSSR count). The van der Waals surface area contributed by atoms with Gasteiger partial charge in [0, 0.05) is 31.2 Å². The van der Waals surface area contributed by atoms with Crippen molar-refractivity contribution in [3.63, 3.8) is 0 Å². The zero-order valence-corrected chi connectivity index (χ0v) is 16.8. The number of carbonyl (C=O) groups is 1. The summed E-state index contributed by atoms with van der Waals surface area (Å²) in [4.78, 5) is 24.4. The van der Waals surface area contributed by atoms with Crippen LogP contribution in [0.25, 0.3) is 16.7 Å². The van der Waals surface area contributed by atoms with Gasteiger partial charge in [-0.2, -0.15) is 0 Å². The van der Waals surface area contributed by atoms with E-state index in [1.807, 2.05) is 48.7 Å². The van der Waals surface area contributed by atoms with Gasteiger partial charge in [-0.05, 0) is 61.4 Å². The van der Waals surface area contributed by atoms with Crippen LogP contribution in [0.15, 0.2) is 60.9 Å². The second-order valence-electron chi connectivity index (χ2n) is 7.55. The molecule has 1 aromatic carbocycles. The number of nitrogens with one attached hydrogen (secondary N) is 1. The minimum absolute atomic E-state index is 0.0372. The van der Waals surface area contributed by atoms with Crippen molar-refractivity contribution >= 4 is 34.1 Å². The molecule has 1 N–H and O–H groups in total. The Balaban J connectivity index is 1.39. The number of methoxy groups -OCH3 is 1. The van der Waals surface area contributed by atoms with Crippen molar-refractivity contribution < 1.29 is 9.53 Å². The summed E-state index contributed by atoms with van der Waals surface area (Å²) in [6, 6.07) is 15.4. The lowest BCUT2D eigenvalue weighted by atomic mass is 9.97. The molecule has 0 spiro atoms. The number of pyridine rings is 1. The van der Waals surface area contributed by atoms with Crippen molar-refractivity contribution in [3.05, 3.63) is 60.9 Å². The van der Waals surface area contributed by atoms with Crippen LogP contribution in [-0.2, 0) is 4.79 Å². The van der Waals surface area contributed by atoms with Crippen molar-refractivity contribution in [2.24, 2.45) is 5.92 Å². The fraction of sp³-hybridized carbons (Fsp3) is 0.261. The largest absolute Gasteiger partial charge is 0.497 e. The van der Waals surface area contributed by atoms with Gasteiger partial charge in [0.1, 0.15) is 5.75 Å². The summed E-state index contributed by atoms with van der Waals surface area (Å²) in [5.74, 6) is 1.59. The molecule has 1 unspecified atom stereocenters. The maximum atomic E-state index is 12.9. The number of benzene rings is 1. The summed E-state index contributed by atoms with van der Waals surface area (Å²) in [7, 11) is 1.63. The Kier molecular flexibility index (Phi) is 4.71. The number of fused-ring (bicyclic) bond motifs is 3. The van der Waals surface area contributed by atoms with Crippen molar-refractivity contribution in [2.75, 3.05) is 30.4 Å². The maximum absolute atomic E-state index is 12.9. The summed E-state index contributed by atoms with van der Waals surface area (Å²) in [6.07, 6.45) is 5.59. The second kappa shape index (κ2) is 7.67. The van der Waals surface area contributed by atoms with Crippen LogP contribution < -0.4 is 15.0 Å². The molecule has 152 valence electrons. The smallest absolute Gasteiger partial charge is 0.229 e. The first-order valence-electron chi connectivity index (χ1n) is 10.1. The van der Waals surface area contributed by atoms with Gasteiger partial charge in [0.05, 0.1) is 24.1 Å². The van der Waals surface area contributed by atoms with Crippen LogP contribution in [0.1, 0.15) is 12.8 Å². The molecule has 1 amide bonds. The lowest BCUT2D eigenvalue weighted by Gasteiger charge is -2.33. The summed E-state index contributed by atoms with van der Waals surface area (Å²) in [5.41, 5.74) is 3.50. The zero-order valence-electron chi connectivity index (χ0n) is 16.8. The molecule has 0 radical (unpaired) electrons. The Hall–Kier alpha value is -3.61. The summed E-state index contributed by atoms with van der Waals surface area (Å²) < 4.78 is 7.30. The Labute approximate surface area is 174 Å². The molecular weight excluding hydrogens is 378 g/mol. The molecule has 0 bridgehead atoms. The van der Waals surface area contributed by atoms with E-state index >= 15 is 0 Å². The van der Waals surface area contributed by atoms with Crippen LogP contribution >= 0.6 is 0 Å². The van der Waals surface area contributed by atoms with Gasteiger partial charge in [-0.15, -0.1) is 0 Å². The second-order valence-corrected chi connectivity index (χ2v) is 7.55. The van der Waals surface area contributed by atoms with Crippen LogP contribution in [-0.4, -0.2) is 40.5 Å². The third kappa shape index (κ3) is 3.32. The topological polar surface area (TPSA) is 71.8 Å². The highest BCUT2D eigenvalue weighted by molar-refractivity contribution is 5.93. The minimum Gasteiger partial charge on any atom is -0.497 e. The SMILES string of the molecule is COc1ccc(NC(=O)C2CCCN(c3nc4ncccc4n4cccc34)C2)cc1. The Morgan fingerprint density at radius 2 is 1.97 bits per heavy atom. The summed E-state index contributed by atoms with van der Waals surface area (Å²) in [5, 5.41) is 3.04. The van der Waals surface area contributed by atoms with E-state index in [1.165, 1.54) is 0 Å². The number of carbonyl (C=O) groups excluding carboxylic acids is 1. The number of aromatic nitrogens is 3. The molecule has 3 aromatic heterocycles. The minimum atomic E-state index is -0.0999. The number of hydrogen-bond donors (Lipinski definition) is 1. The van der Waals surface area contributed by atoms with Crippen LogP contribution in [0.4, 0.5) is 11.5 Å². The fourth-order valence-corrected chi connectivity index (χ4v) is 4.13. The lowest BCUT2D eigenvalue weighted by Crippen LogP contribution is -2.41. The molecule has 7 heteroatoms. The highest BCUT2D eigenvalue weighted by Gasteiger charge is 2.28. The molecule has 30 heavy (non-hydrogen) atoms. The van der Waals surface area contributed by atoms with E-state index in [9.17, 15) is 4.79 Å². The van der Waals surface area contributed by atoms with Crippen LogP contribution in [0.2, 0.25) is 0 Å². The zero-order chi connectivity index (χ0) is 20.5. The predicted molar refractivity (Wildman–Crippen MR) is 117 cm³/mol. The monoisotopic (exact) mass is 401 g/mol. The van der Waals surface area contributed by atoms with E-state index in [-0.39, 0.29) is 11.8 Å². The highest BCUT2D eigenvalue weighted by Crippen LogP contribution is 2.29. The normalized spacial score (nSPS) is 16.7. The quantitative estimate of drug-likeness (QED) is 0.564. The van der Waals surface area contributed by atoms with Crippen LogP contribution in [0.5, 0.6) is 5.75 Å². The van der Waals surface area contributed by atoms with Gasteiger partial charge >= 0.3 is 0 Å². The Morgan fingerprint density at radius 3 is 2.80 bits per heavy atom. The molecule has 0 saturated carbocycles. The first-order chi connectivity index (χ1) is 14.7. The molecule has 0 aliphatic carbocycles. The number of ether oxygens (including phenoxy) is 1. The van der Waals surface area contributed by atoms with E-state index in [2.05, 4.69) is 25.7 Å². The van der Waals surface area contributed by atoms with E-state index in [1.54, 1.807) is 13.3 Å². The molecular formula is C23H23N5O2. The lowest BCUT2D eigenvalue weighted by molar-refractivity contribution is -0.120. The first kappa shape index (κ1) is 18.4. The maximum Gasteiger partial charge on any atom is 0.229 e. The van der Waals surface area contributed by atoms with Gasteiger partial charge in [-0.25, -0.2) is 9.97 Å². The number of anilines is 2. The van der Waals surface area contributed by atoms with E-state index in [0.717, 1.165) is 47.7 Å². The van der Waals surface area contributed by atoms with E-state index < -0.39 is 0 Å². The molecule has 4 aromatic rings. The van der Waals surface area contributed by atoms with Crippen molar-refractivity contribution in [2.45, 2.75) is 12.8 Å². The molecule has 1 fully saturated rings. The third-order valence-corrected chi connectivity index (χ3v) is 5.66.